The Kier molecular flexibility index (Phi) is 4.12. The van der Waals surface area contributed by atoms with E-state index in [0.717, 1.165) is 12.8 Å². The summed E-state index contributed by atoms with van der Waals surface area (Å²) in [5, 5.41) is 0. The number of carbonyl (C=O) groups excluding carboxylic acids is 1. The predicted molar refractivity (Wildman–Crippen MR) is 57.2 cm³/mol. The highest BCUT2D eigenvalue weighted by Crippen LogP contribution is 2.37. The minimum absolute atomic E-state index is 0.00403. The van der Waals surface area contributed by atoms with Crippen molar-refractivity contribution in [2.75, 3.05) is 0 Å². The monoisotopic (exact) mass is 216 g/mol. The van der Waals surface area contributed by atoms with E-state index in [0.29, 0.717) is 5.92 Å². The fourth-order valence-electron chi connectivity index (χ4n) is 2.40. The Labute approximate surface area is 91.2 Å². The van der Waals surface area contributed by atoms with Crippen LogP contribution in [0.4, 0.5) is 4.39 Å². The summed E-state index contributed by atoms with van der Waals surface area (Å²) in [6, 6.07) is 0. The van der Waals surface area contributed by atoms with Crippen molar-refractivity contribution < 1.29 is 13.9 Å². The van der Waals surface area contributed by atoms with Gasteiger partial charge in [-0.05, 0) is 24.7 Å². The van der Waals surface area contributed by atoms with Crippen molar-refractivity contribution in [3.63, 3.8) is 0 Å². The smallest absolute Gasteiger partial charge is 0.303 e. The first-order valence-electron chi connectivity index (χ1n) is 5.74. The van der Waals surface area contributed by atoms with Crippen LogP contribution >= 0.6 is 0 Å². The first-order chi connectivity index (χ1) is 6.93. The number of hydrogen-bond acceptors (Lipinski definition) is 2. The minimum atomic E-state index is -1.00. The summed E-state index contributed by atoms with van der Waals surface area (Å²) in [7, 11) is 0. The van der Waals surface area contributed by atoms with Crippen LogP contribution in [0.15, 0.2) is 0 Å². The van der Waals surface area contributed by atoms with Gasteiger partial charge < -0.3 is 4.74 Å². The Bertz CT molecular complexity index is 228. The summed E-state index contributed by atoms with van der Waals surface area (Å²) < 4.78 is 19.1. The van der Waals surface area contributed by atoms with Gasteiger partial charge in [-0.15, -0.1) is 0 Å². The lowest BCUT2D eigenvalue weighted by atomic mass is 9.74. The predicted octanol–water partition coefficient (Wildman–Crippen LogP) is 2.96. The molecule has 3 heteroatoms. The first-order valence-corrected chi connectivity index (χ1v) is 5.74. The van der Waals surface area contributed by atoms with E-state index in [1.807, 2.05) is 6.92 Å². The lowest BCUT2D eigenvalue weighted by molar-refractivity contribution is -0.160. The molecular formula is C12H21FO2. The molecule has 0 N–H and O–H groups in total. The Hall–Kier alpha value is -0.600. The number of rotatable bonds is 2. The van der Waals surface area contributed by atoms with E-state index in [1.165, 1.54) is 6.92 Å². The number of esters is 1. The molecule has 0 amide bonds. The molecule has 0 aliphatic heterocycles. The van der Waals surface area contributed by atoms with Crippen LogP contribution < -0.4 is 0 Å². The molecule has 0 aromatic heterocycles. The maximum Gasteiger partial charge on any atom is 0.303 e. The molecule has 0 spiro atoms. The minimum Gasteiger partial charge on any atom is -0.459 e. The van der Waals surface area contributed by atoms with E-state index < -0.39 is 12.3 Å². The van der Waals surface area contributed by atoms with Crippen molar-refractivity contribution in [3.8, 4) is 0 Å². The average molecular weight is 216 g/mol. The van der Waals surface area contributed by atoms with Crippen molar-refractivity contribution >= 4 is 5.97 Å². The maximum absolute atomic E-state index is 13.9. The van der Waals surface area contributed by atoms with E-state index in [4.69, 9.17) is 4.74 Å². The third-order valence-corrected chi connectivity index (χ3v) is 3.39. The van der Waals surface area contributed by atoms with Gasteiger partial charge in [0.15, 0.2) is 0 Å². The van der Waals surface area contributed by atoms with Gasteiger partial charge in [-0.25, -0.2) is 4.39 Å². The molecule has 0 aromatic rings. The van der Waals surface area contributed by atoms with Gasteiger partial charge in [0.05, 0.1) is 0 Å². The Morgan fingerprint density at radius 3 is 2.47 bits per heavy atom. The molecule has 1 aliphatic carbocycles. The molecule has 0 bridgehead atoms. The molecule has 0 radical (unpaired) electrons. The SMILES string of the molecule is CC(=O)O[C@@H]1C(F)[C@H](C)CC[C@H]1C(C)C. The molecule has 88 valence electrons. The molecule has 2 nitrogen and oxygen atoms in total. The zero-order valence-corrected chi connectivity index (χ0v) is 10.00. The summed E-state index contributed by atoms with van der Waals surface area (Å²) in [5.41, 5.74) is 0. The zero-order valence-electron chi connectivity index (χ0n) is 10.00. The molecule has 1 saturated carbocycles. The molecule has 1 aliphatic rings. The van der Waals surface area contributed by atoms with E-state index in [-0.39, 0.29) is 17.8 Å². The number of ether oxygens (including phenoxy) is 1. The van der Waals surface area contributed by atoms with Gasteiger partial charge in [0, 0.05) is 12.8 Å². The molecule has 0 aromatic carbocycles. The first kappa shape index (κ1) is 12.5. The molecule has 1 rings (SSSR count). The van der Waals surface area contributed by atoms with Gasteiger partial charge in [0.25, 0.3) is 0 Å². The maximum atomic E-state index is 13.9. The fraction of sp³-hybridized carbons (Fsp3) is 0.917. The lowest BCUT2D eigenvalue weighted by Gasteiger charge is -2.39. The molecule has 0 saturated heterocycles. The van der Waals surface area contributed by atoms with Crippen LogP contribution in [0.1, 0.15) is 40.5 Å². The quantitative estimate of drug-likeness (QED) is 0.663. The highest BCUT2D eigenvalue weighted by molar-refractivity contribution is 5.66. The number of hydrogen-bond donors (Lipinski definition) is 0. The van der Waals surface area contributed by atoms with E-state index in [1.54, 1.807) is 0 Å². The Balaban J connectivity index is 2.74. The third kappa shape index (κ3) is 2.93. The van der Waals surface area contributed by atoms with Crippen molar-refractivity contribution in [2.24, 2.45) is 17.8 Å². The number of alkyl halides is 1. The van der Waals surface area contributed by atoms with Gasteiger partial charge in [0.1, 0.15) is 12.3 Å². The topological polar surface area (TPSA) is 26.3 Å². The lowest BCUT2D eigenvalue weighted by Crippen LogP contribution is -2.44. The third-order valence-electron chi connectivity index (χ3n) is 3.39. The van der Waals surface area contributed by atoms with Gasteiger partial charge in [-0.3, -0.25) is 4.79 Å². The van der Waals surface area contributed by atoms with Crippen molar-refractivity contribution in [2.45, 2.75) is 52.8 Å². The second kappa shape index (κ2) is 4.95. The summed E-state index contributed by atoms with van der Waals surface area (Å²) in [6.07, 6.45) is 0.306. The molecule has 1 unspecified atom stereocenters. The van der Waals surface area contributed by atoms with Crippen molar-refractivity contribution in [3.05, 3.63) is 0 Å². The molecule has 0 heterocycles. The van der Waals surface area contributed by atoms with Crippen LogP contribution in [0.5, 0.6) is 0 Å². The van der Waals surface area contributed by atoms with E-state index in [2.05, 4.69) is 13.8 Å². The second-order valence-electron chi connectivity index (χ2n) is 4.98. The normalized spacial score (nSPS) is 36.7. The molecule has 4 atom stereocenters. The van der Waals surface area contributed by atoms with Crippen LogP contribution in [0, 0.1) is 17.8 Å². The van der Waals surface area contributed by atoms with Crippen LogP contribution in [0.25, 0.3) is 0 Å². The molecule has 15 heavy (non-hydrogen) atoms. The van der Waals surface area contributed by atoms with E-state index >= 15 is 0 Å². The van der Waals surface area contributed by atoms with Crippen LogP contribution in [-0.4, -0.2) is 18.2 Å². The molecular weight excluding hydrogens is 195 g/mol. The largest absolute Gasteiger partial charge is 0.459 e. The summed E-state index contributed by atoms with van der Waals surface area (Å²) in [4.78, 5) is 10.9. The Morgan fingerprint density at radius 1 is 1.40 bits per heavy atom. The standard InChI is InChI=1S/C12H21FO2/c1-7(2)10-6-5-8(3)11(13)12(10)15-9(4)14/h7-8,10-12H,5-6H2,1-4H3/t8-,10+,11?,12+/m1/s1. The zero-order chi connectivity index (χ0) is 11.6. The average Bonchev–Trinajstić information content (AvgIpc) is 2.12. The highest BCUT2D eigenvalue weighted by atomic mass is 19.1. The van der Waals surface area contributed by atoms with Crippen LogP contribution in [-0.2, 0) is 9.53 Å². The second-order valence-corrected chi connectivity index (χ2v) is 4.98. The van der Waals surface area contributed by atoms with Crippen molar-refractivity contribution in [1.82, 2.24) is 0 Å². The number of halogens is 1. The number of carbonyl (C=O) groups is 1. The van der Waals surface area contributed by atoms with Gasteiger partial charge in [0.2, 0.25) is 0 Å². The summed E-state index contributed by atoms with van der Waals surface area (Å²) >= 11 is 0. The Morgan fingerprint density at radius 2 is 2.00 bits per heavy atom. The van der Waals surface area contributed by atoms with Crippen LogP contribution in [0.3, 0.4) is 0 Å². The van der Waals surface area contributed by atoms with Crippen LogP contribution in [0.2, 0.25) is 0 Å². The highest BCUT2D eigenvalue weighted by Gasteiger charge is 2.41. The molecule has 1 fully saturated rings. The fourth-order valence-corrected chi connectivity index (χ4v) is 2.40. The summed E-state index contributed by atoms with van der Waals surface area (Å²) in [5.74, 6) is 0.159. The van der Waals surface area contributed by atoms with E-state index in [9.17, 15) is 9.18 Å². The van der Waals surface area contributed by atoms with Crippen molar-refractivity contribution in [1.29, 1.82) is 0 Å². The van der Waals surface area contributed by atoms with Gasteiger partial charge >= 0.3 is 5.97 Å². The summed E-state index contributed by atoms with van der Waals surface area (Å²) in [6.45, 7) is 7.36. The van der Waals surface area contributed by atoms with Gasteiger partial charge in [-0.2, -0.15) is 0 Å². The van der Waals surface area contributed by atoms with Gasteiger partial charge in [-0.1, -0.05) is 20.8 Å².